The highest BCUT2D eigenvalue weighted by atomic mass is 17.1. The summed E-state index contributed by atoms with van der Waals surface area (Å²) in [5.74, 6) is 0.223. The monoisotopic (exact) mass is 160 g/mol. The van der Waals surface area contributed by atoms with E-state index in [-0.39, 0.29) is 5.92 Å². The largest absolute Gasteiger partial charge is 0.390 e. The van der Waals surface area contributed by atoms with Crippen LogP contribution in [0.5, 0.6) is 0 Å². The zero-order chi connectivity index (χ0) is 8.48. The molecule has 0 amide bonds. The molecule has 1 aliphatic rings. The second-order valence-electron chi connectivity index (χ2n) is 3.72. The molecular formula is C8H16O3. The molecule has 1 rings (SSSR count). The fourth-order valence-electron chi connectivity index (χ4n) is 1.78. The lowest BCUT2D eigenvalue weighted by Crippen LogP contribution is -2.48. The first-order chi connectivity index (χ1) is 5.10. The van der Waals surface area contributed by atoms with E-state index in [0.717, 1.165) is 19.3 Å². The van der Waals surface area contributed by atoms with E-state index < -0.39 is 11.7 Å². The molecule has 0 aromatic heterocycles. The molecule has 3 heteroatoms. The van der Waals surface area contributed by atoms with Gasteiger partial charge in [0, 0.05) is 0 Å². The van der Waals surface area contributed by atoms with Crippen LogP contribution in [0.3, 0.4) is 0 Å². The molecular weight excluding hydrogens is 144 g/mol. The Morgan fingerprint density at radius 1 is 1.55 bits per heavy atom. The third-order valence-corrected chi connectivity index (χ3v) is 2.71. The second-order valence-corrected chi connectivity index (χ2v) is 3.72. The first-order valence-electron chi connectivity index (χ1n) is 4.11. The van der Waals surface area contributed by atoms with Crippen LogP contribution in [0.4, 0.5) is 0 Å². The molecule has 0 aromatic carbocycles. The van der Waals surface area contributed by atoms with Gasteiger partial charge in [-0.05, 0) is 32.1 Å². The van der Waals surface area contributed by atoms with Crippen molar-refractivity contribution in [2.24, 2.45) is 5.92 Å². The van der Waals surface area contributed by atoms with Crippen molar-refractivity contribution in [2.75, 3.05) is 0 Å². The van der Waals surface area contributed by atoms with Crippen molar-refractivity contribution in [3.63, 3.8) is 0 Å². The summed E-state index contributed by atoms with van der Waals surface area (Å²) < 4.78 is 0. The summed E-state index contributed by atoms with van der Waals surface area (Å²) in [6.45, 7) is 3.72. The van der Waals surface area contributed by atoms with Crippen LogP contribution in [0.2, 0.25) is 0 Å². The summed E-state index contributed by atoms with van der Waals surface area (Å²) in [4.78, 5) is 4.31. The standard InChI is InChI=1S/C8H16O3/c1-6-4-3-5-8(2,11-10)7(6)9/h6-7,9-10H,3-5H2,1-2H3. The molecule has 66 valence electrons. The Bertz CT molecular complexity index is 137. The third-order valence-electron chi connectivity index (χ3n) is 2.71. The van der Waals surface area contributed by atoms with Gasteiger partial charge in [0.25, 0.3) is 0 Å². The van der Waals surface area contributed by atoms with Gasteiger partial charge in [0.05, 0.1) is 6.10 Å². The highest BCUT2D eigenvalue weighted by Gasteiger charge is 2.40. The Kier molecular flexibility index (Phi) is 2.52. The molecule has 11 heavy (non-hydrogen) atoms. The molecule has 0 bridgehead atoms. The van der Waals surface area contributed by atoms with Gasteiger partial charge >= 0.3 is 0 Å². The maximum Gasteiger partial charge on any atom is 0.126 e. The minimum absolute atomic E-state index is 0.223. The van der Waals surface area contributed by atoms with Crippen molar-refractivity contribution >= 4 is 0 Å². The lowest BCUT2D eigenvalue weighted by atomic mass is 9.77. The van der Waals surface area contributed by atoms with Crippen molar-refractivity contribution in [2.45, 2.75) is 44.8 Å². The minimum atomic E-state index is -0.738. The van der Waals surface area contributed by atoms with Gasteiger partial charge in [-0.1, -0.05) is 6.92 Å². The molecule has 0 heterocycles. The smallest absolute Gasteiger partial charge is 0.126 e. The lowest BCUT2D eigenvalue weighted by molar-refractivity contribution is -0.350. The summed E-state index contributed by atoms with van der Waals surface area (Å²) in [6, 6.07) is 0. The summed E-state index contributed by atoms with van der Waals surface area (Å²) >= 11 is 0. The van der Waals surface area contributed by atoms with Gasteiger partial charge in [-0.15, -0.1) is 0 Å². The maximum absolute atomic E-state index is 9.61. The van der Waals surface area contributed by atoms with E-state index in [0.29, 0.717) is 0 Å². The van der Waals surface area contributed by atoms with E-state index in [1.165, 1.54) is 0 Å². The predicted octanol–water partition coefficient (Wildman–Crippen LogP) is 1.42. The fourth-order valence-corrected chi connectivity index (χ4v) is 1.78. The number of aliphatic hydroxyl groups is 1. The van der Waals surface area contributed by atoms with Gasteiger partial charge in [0.2, 0.25) is 0 Å². The zero-order valence-electron chi connectivity index (χ0n) is 7.08. The number of hydrogen-bond acceptors (Lipinski definition) is 3. The fraction of sp³-hybridized carbons (Fsp3) is 1.00. The van der Waals surface area contributed by atoms with E-state index in [4.69, 9.17) is 5.26 Å². The second kappa shape index (κ2) is 3.09. The van der Waals surface area contributed by atoms with Gasteiger partial charge in [0.1, 0.15) is 5.60 Å². The van der Waals surface area contributed by atoms with E-state index in [1.807, 2.05) is 6.92 Å². The molecule has 0 saturated heterocycles. The number of hydrogen-bond donors (Lipinski definition) is 2. The molecule has 1 fully saturated rings. The van der Waals surface area contributed by atoms with E-state index in [9.17, 15) is 5.11 Å². The van der Waals surface area contributed by atoms with Crippen molar-refractivity contribution in [1.29, 1.82) is 0 Å². The normalized spacial score (nSPS) is 45.8. The topological polar surface area (TPSA) is 49.7 Å². The molecule has 3 nitrogen and oxygen atoms in total. The average Bonchev–Trinajstić information content (AvgIpc) is 2.00. The molecule has 3 unspecified atom stereocenters. The summed E-state index contributed by atoms with van der Waals surface area (Å²) in [6.07, 6.45) is 2.21. The van der Waals surface area contributed by atoms with Gasteiger partial charge in [-0.2, -0.15) is 0 Å². The van der Waals surface area contributed by atoms with E-state index >= 15 is 0 Å². The van der Waals surface area contributed by atoms with Crippen molar-refractivity contribution in [3.05, 3.63) is 0 Å². The van der Waals surface area contributed by atoms with Gasteiger partial charge in [-0.25, -0.2) is 4.89 Å². The lowest BCUT2D eigenvalue weighted by Gasteiger charge is -2.38. The molecule has 3 atom stereocenters. The van der Waals surface area contributed by atoms with Crippen molar-refractivity contribution in [3.8, 4) is 0 Å². The van der Waals surface area contributed by atoms with Gasteiger partial charge in [-0.3, -0.25) is 5.26 Å². The van der Waals surface area contributed by atoms with Gasteiger partial charge < -0.3 is 5.11 Å². The van der Waals surface area contributed by atoms with Crippen LogP contribution in [0.25, 0.3) is 0 Å². The Balaban J connectivity index is 2.64. The van der Waals surface area contributed by atoms with Crippen LogP contribution >= 0.6 is 0 Å². The molecule has 0 aliphatic heterocycles. The molecule has 0 spiro atoms. The highest BCUT2D eigenvalue weighted by molar-refractivity contribution is 4.90. The van der Waals surface area contributed by atoms with Crippen molar-refractivity contribution in [1.82, 2.24) is 0 Å². The molecule has 1 aliphatic carbocycles. The predicted molar refractivity (Wildman–Crippen MR) is 41.1 cm³/mol. The number of rotatable bonds is 1. The average molecular weight is 160 g/mol. The maximum atomic E-state index is 9.61. The zero-order valence-corrected chi connectivity index (χ0v) is 7.08. The first kappa shape index (κ1) is 8.97. The highest BCUT2D eigenvalue weighted by Crippen LogP contribution is 2.34. The third kappa shape index (κ3) is 1.55. The summed E-state index contributed by atoms with van der Waals surface area (Å²) in [7, 11) is 0. The van der Waals surface area contributed by atoms with Crippen LogP contribution in [0.15, 0.2) is 0 Å². The SMILES string of the molecule is CC1CCCC(C)(OO)C1O. The van der Waals surface area contributed by atoms with Crippen LogP contribution < -0.4 is 0 Å². The van der Waals surface area contributed by atoms with Gasteiger partial charge in [0.15, 0.2) is 0 Å². The molecule has 2 N–H and O–H groups in total. The molecule has 0 aromatic rings. The van der Waals surface area contributed by atoms with Crippen LogP contribution in [-0.4, -0.2) is 22.1 Å². The summed E-state index contributed by atoms with van der Waals surface area (Å²) in [5, 5.41) is 18.2. The Morgan fingerprint density at radius 2 is 2.18 bits per heavy atom. The minimum Gasteiger partial charge on any atom is -0.390 e. The molecule has 0 radical (unpaired) electrons. The quantitative estimate of drug-likeness (QED) is 0.450. The Labute approximate surface area is 66.9 Å². The van der Waals surface area contributed by atoms with E-state index in [2.05, 4.69) is 4.89 Å². The number of aliphatic hydroxyl groups excluding tert-OH is 1. The van der Waals surface area contributed by atoms with E-state index in [1.54, 1.807) is 6.92 Å². The summed E-state index contributed by atoms with van der Waals surface area (Å²) in [5.41, 5.74) is -0.738. The van der Waals surface area contributed by atoms with Crippen LogP contribution in [-0.2, 0) is 4.89 Å². The van der Waals surface area contributed by atoms with Crippen LogP contribution in [0.1, 0.15) is 33.1 Å². The Hall–Kier alpha value is -0.120. The Morgan fingerprint density at radius 3 is 2.64 bits per heavy atom. The first-order valence-corrected chi connectivity index (χ1v) is 4.11. The van der Waals surface area contributed by atoms with Crippen molar-refractivity contribution < 1.29 is 15.3 Å². The van der Waals surface area contributed by atoms with Crippen LogP contribution in [0, 0.1) is 5.92 Å². The molecule has 1 saturated carbocycles.